The predicted octanol–water partition coefficient (Wildman–Crippen LogP) is -0.272. The van der Waals surface area contributed by atoms with Crippen LogP contribution in [0, 0.1) is 0 Å². The van der Waals surface area contributed by atoms with Crippen molar-refractivity contribution in [2.45, 2.75) is 12.7 Å². The molecule has 4 nitrogen and oxygen atoms in total. The largest absolute Gasteiger partial charge is 0.350 e. The van der Waals surface area contributed by atoms with E-state index in [0.717, 1.165) is 0 Å². The fourth-order valence-corrected chi connectivity index (χ4v) is 0.756. The summed E-state index contributed by atoms with van der Waals surface area (Å²) in [6.07, 6.45) is 0.598. The van der Waals surface area contributed by atoms with Crippen LogP contribution in [0.25, 0.3) is 0 Å². The zero-order valence-corrected chi connectivity index (χ0v) is 5.17. The van der Waals surface area contributed by atoms with Crippen molar-refractivity contribution in [1.82, 2.24) is 5.48 Å². The van der Waals surface area contributed by atoms with Crippen molar-refractivity contribution in [3.63, 3.8) is 0 Å². The molecule has 54 valence electrons. The molecule has 0 aromatic carbocycles. The van der Waals surface area contributed by atoms with Crippen molar-refractivity contribution in [2.75, 3.05) is 19.8 Å². The van der Waals surface area contributed by atoms with Crippen molar-refractivity contribution >= 4 is 0 Å². The van der Waals surface area contributed by atoms with Crippen LogP contribution in [0.1, 0.15) is 6.42 Å². The average Bonchev–Trinajstić information content (AvgIpc) is 2.34. The number of hydroxylamine groups is 1. The first-order valence-electron chi connectivity index (χ1n) is 3.03. The maximum Gasteiger partial charge on any atom is 0.159 e. The Morgan fingerprint density at radius 1 is 1.44 bits per heavy atom. The van der Waals surface area contributed by atoms with E-state index in [1.165, 1.54) is 0 Å². The highest BCUT2D eigenvalue weighted by Crippen LogP contribution is 2.05. The van der Waals surface area contributed by atoms with Gasteiger partial charge in [-0.1, -0.05) is 0 Å². The van der Waals surface area contributed by atoms with Crippen molar-refractivity contribution < 1.29 is 14.7 Å². The molecule has 1 saturated heterocycles. The molecule has 0 radical (unpaired) electrons. The van der Waals surface area contributed by atoms with Gasteiger partial charge in [0.1, 0.15) is 0 Å². The smallest absolute Gasteiger partial charge is 0.159 e. The molecule has 1 aliphatic heterocycles. The van der Waals surface area contributed by atoms with Crippen LogP contribution in [0.4, 0.5) is 0 Å². The van der Waals surface area contributed by atoms with Gasteiger partial charge < -0.3 is 14.7 Å². The SMILES string of the molecule is ONCCC1OCCO1. The molecule has 0 spiro atoms. The summed E-state index contributed by atoms with van der Waals surface area (Å²) < 4.78 is 10.2. The summed E-state index contributed by atoms with van der Waals surface area (Å²) >= 11 is 0. The Labute approximate surface area is 53.7 Å². The lowest BCUT2D eigenvalue weighted by Gasteiger charge is -2.05. The number of rotatable bonds is 3. The molecule has 0 aliphatic carbocycles. The monoisotopic (exact) mass is 133 g/mol. The minimum atomic E-state index is -0.107. The quantitative estimate of drug-likeness (QED) is 0.520. The second-order valence-corrected chi connectivity index (χ2v) is 1.87. The number of ether oxygens (including phenoxy) is 2. The highest BCUT2D eigenvalue weighted by atomic mass is 16.7. The topological polar surface area (TPSA) is 50.7 Å². The molecule has 0 aromatic rings. The number of hydrogen-bond donors (Lipinski definition) is 2. The van der Waals surface area contributed by atoms with Gasteiger partial charge in [0.05, 0.1) is 13.2 Å². The van der Waals surface area contributed by atoms with E-state index in [1.807, 2.05) is 5.48 Å². The van der Waals surface area contributed by atoms with E-state index in [-0.39, 0.29) is 6.29 Å². The maximum absolute atomic E-state index is 8.17. The standard InChI is InChI=1S/C5H11NO3/c7-6-2-1-5-8-3-4-9-5/h5-7H,1-4H2. The summed E-state index contributed by atoms with van der Waals surface area (Å²) in [5.74, 6) is 0. The van der Waals surface area contributed by atoms with Gasteiger partial charge in [0.2, 0.25) is 0 Å². The number of nitrogens with one attached hydrogen (secondary N) is 1. The Hall–Kier alpha value is -0.160. The molecule has 0 amide bonds. The van der Waals surface area contributed by atoms with Crippen LogP contribution >= 0.6 is 0 Å². The molecule has 1 aliphatic rings. The van der Waals surface area contributed by atoms with E-state index in [9.17, 15) is 0 Å². The Morgan fingerprint density at radius 2 is 2.11 bits per heavy atom. The summed E-state index contributed by atoms with van der Waals surface area (Å²) in [5.41, 5.74) is 2.03. The summed E-state index contributed by atoms with van der Waals surface area (Å²) in [6.45, 7) is 1.87. The van der Waals surface area contributed by atoms with Crippen molar-refractivity contribution in [3.8, 4) is 0 Å². The second kappa shape index (κ2) is 3.79. The third-order valence-corrected chi connectivity index (χ3v) is 1.18. The number of hydrogen-bond acceptors (Lipinski definition) is 4. The maximum atomic E-state index is 8.17. The van der Waals surface area contributed by atoms with Gasteiger partial charge in [-0.15, -0.1) is 0 Å². The highest BCUT2D eigenvalue weighted by molar-refractivity contribution is 4.51. The molecule has 0 atom stereocenters. The lowest BCUT2D eigenvalue weighted by Crippen LogP contribution is -2.17. The lowest BCUT2D eigenvalue weighted by molar-refractivity contribution is -0.0509. The minimum Gasteiger partial charge on any atom is -0.350 e. The van der Waals surface area contributed by atoms with Gasteiger partial charge in [-0.2, -0.15) is 0 Å². The molecule has 1 heterocycles. The molecule has 0 aromatic heterocycles. The van der Waals surface area contributed by atoms with Crippen molar-refractivity contribution in [1.29, 1.82) is 0 Å². The third-order valence-electron chi connectivity index (χ3n) is 1.18. The highest BCUT2D eigenvalue weighted by Gasteiger charge is 2.14. The summed E-state index contributed by atoms with van der Waals surface area (Å²) in [4.78, 5) is 0. The summed E-state index contributed by atoms with van der Waals surface area (Å²) in [7, 11) is 0. The average molecular weight is 133 g/mol. The first kappa shape index (κ1) is 6.95. The normalized spacial score (nSPS) is 21.0. The van der Waals surface area contributed by atoms with Crippen LogP contribution in [-0.4, -0.2) is 31.3 Å². The zero-order chi connectivity index (χ0) is 6.53. The van der Waals surface area contributed by atoms with Crippen LogP contribution in [0.2, 0.25) is 0 Å². The Morgan fingerprint density at radius 3 is 2.67 bits per heavy atom. The third kappa shape index (κ3) is 2.28. The van der Waals surface area contributed by atoms with Crippen LogP contribution < -0.4 is 5.48 Å². The van der Waals surface area contributed by atoms with E-state index in [1.54, 1.807) is 0 Å². The van der Waals surface area contributed by atoms with E-state index < -0.39 is 0 Å². The lowest BCUT2D eigenvalue weighted by atomic mass is 10.4. The first-order chi connectivity index (χ1) is 4.43. The van der Waals surface area contributed by atoms with Crippen LogP contribution in [0.15, 0.2) is 0 Å². The fourth-order valence-electron chi connectivity index (χ4n) is 0.756. The Bertz CT molecular complexity index is 72.6. The molecular weight excluding hydrogens is 122 g/mol. The Balaban J connectivity index is 1.98. The van der Waals surface area contributed by atoms with Crippen LogP contribution in [-0.2, 0) is 9.47 Å². The minimum absolute atomic E-state index is 0.107. The van der Waals surface area contributed by atoms with Gasteiger partial charge in [-0.25, -0.2) is 5.48 Å². The van der Waals surface area contributed by atoms with Gasteiger partial charge >= 0.3 is 0 Å². The first-order valence-corrected chi connectivity index (χ1v) is 3.03. The molecule has 0 unspecified atom stereocenters. The summed E-state index contributed by atoms with van der Waals surface area (Å²) in [5, 5.41) is 8.17. The predicted molar refractivity (Wildman–Crippen MR) is 30.1 cm³/mol. The zero-order valence-electron chi connectivity index (χ0n) is 5.17. The van der Waals surface area contributed by atoms with E-state index in [0.29, 0.717) is 26.2 Å². The van der Waals surface area contributed by atoms with E-state index in [4.69, 9.17) is 14.7 Å². The molecule has 0 saturated carbocycles. The Kier molecular flexibility index (Phi) is 2.93. The van der Waals surface area contributed by atoms with E-state index >= 15 is 0 Å². The van der Waals surface area contributed by atoms with Crippen LogP contribution in [0.5, 0.6) is 0 Å². The fraction of sp³-hybridized carbons (Fsp3) is 1.00. The molecule has 9 heavy (non-hydrogen) atoms. The molecule has 4 heteroatoms. The molecule has 2 N–H and O–H groups in total. The van der Waals surface area contributed by atoms with Crippen molar-refractivity contribution in [3.05, 3.63) is 0 Å². The molecule has 0 bridgehead atoms. The van der Waals surface area contributed by atoms with Crippen molar-refractivity contribution in [2.24, 2.45) is 0 Å². The molecular formula is C5H11NO3. The van der Waals surface area contributed by atoms with Gasteiger partial charge in [0.25, 0.3) is 0 Å². The molecule has 1 fully saturated rings. The van der Waals surface area contributed by atoms with Crippen LogP contribution in [0.3, 0.4) is 0 Å². The van der Waals surface area contributed by atoms with E-state index in [2.05, 4.69) is 0 Å². The van der Waals surface area contributed by atoms with Gasteiger partial charge in [0.15, 0.2) is 6.29 Å². The van der Waals surface area contributed by atoms with Gasteiger partial charge in [-0.05, 0) is 0 Å². The second-order valence-electron chi connectivity index (χ2n) is 1.87. The summed E-state index contributed by atoms with van der Waals surface area (Å²) in [6, 6.07) is 0. The van der Waals surface area contributed by atoms with Gasteiger partial charge in [-0.3, -0.25) is 0 Å². The molecule has 1 rings (SSSR count). The van der Waals surface area contributed by atoms with Gasteiger partial charge in [0, 0.05) is 13.0 Å².